The molecule has 0 radical (unpaired) electrons. The standard InChI is InChI=1S/C29H36N4O/c1-17(2)27-24-12-23(22-7-5-20(6-8-22)11-21-14-34-15-21)9-10-26(24)31-28(27)25-13-33-16-30-32-29(33)19(4)18(25)3/h9-10,12-13,16-17,20-22,31H,5-8,11,14-15H2,1-4H3. The third-order valence-electron chi connectivity index (χ3n) is 8.54. The third kappa shape index (κ3) is 3.65. The quantitative estimate of drug-likeness (QED) is 0.354. The van der Waals surface area contributed by atoms with Crippen LogP contribution >= 0.6 is 0 Å². The lowest BCUT2D eigenvalue weighted by Gasteiger charge is -2.34. The molecule has 4 heterocycles. The minimum atomic E-state index is 0.427. The van der Waals surface area contributed by atoms with Gasteiger partial charge in [-0.3, -0.25) is 4.40 Å². The molecule has 2 fully saturated rings. The van der Waals surface area contributed by atoms with Gasteiger partial charge in [0.2, 0.25) is 0 Å². The summed E-state index contributed by atoms with van der Waals surface area (Å²) in [6, 6.07) is 7.19. The number of aromatic amines is 1. The molecule has 1 aromatic carbocycles. The normalized spacial score (nSPS) is 21.6. The minimum absolute atomic E-state index is 0.427. The summed E-state index contributed by atoms with van der Waals surface area (Å²) >= 11 is 0. The molecule has 0 atom stereocenters. The second-order valence-corrected chi connectivity index (χ2v) is 11.1. The van der Waals surface area contributed by atoms with Crippen molar-refractivity contribution in [2.45, 2.75) is 71.6 Å². The van der Waals surface area contributed by atoms with Gasteiger partial charge in [0.1, 0.15) is 6.33 Å². The first-order chi connectivity index (χ1) is 16.5. The van der Waals surface area contributed by atoms with Crippen molar-refractivity contribution in [1.29, 1.82) is 0 Å². The van der Waals surface area contributed by atoms with Crippen molar-refractivity contribution in [3.8, 4) is 11.3 Å². The van der Waals surface area contributed by atoms with Crippen molar-refractivity contribution in [3.63, 3.8) is 0 Å². The van der Waals surface area contributed by atoms with Crippen LogP contribution in [0.15, 0.2) is 30.7 Å². The van der Waals surface area contributed by atoms with Gasteiger partial charge in [0.15, 0.2) is 5.65 Å². The molecule has 5 nitrogen and oxygen atoms in total. The molecule has 1 saturated carbocycles. The Bertz CT molecular complexity index is 1340. The second-order valence-electron chi connectivity index (χ2n) is 11.1. The lowest BCUT2D eigenvalue weighted by Crippen LogP contribution is -2.30. The Balaban J connectivity index is 1.35. The van der Waals surface area contributed by atoms with Crippen LogP contribution in [0.2, 0.25) is 0 Å². The topological polar surface area (TPSA) is 55.2 Å². The molecule has 34 heavy (non-hydrogen) atoms. The molecule has 1 aliphatic heterocycles. The number of nitrogens with one attached hydrogen (secondary N) is 1. The van der Waals surface area contributed by atoms with E-state index in [1.54, 1.807) is 6.33 Å². The first-order valence-corrected chi connectivity index (χ1v) is 13.0. The van der Waals surface area contributed by atoms with Crippen LogP contribution in [-0.2, 0) is 4.74 Å². The number of ether oxygens (including phenoxy) is 1. The predicted molar refractivity (Wildman–Crippen MR) is 137 cm³/mol. The lowest BCUT2D eigenvalue weighted by atomic mass is 9.75. The number of aryl methyl sites for hydroxylation is 1. The first-order valence-electron chi connectivity index (χ1n) is 13.0. The molecule has 0 amide bonds. The largest absolute Gasteiger partial charge is 0.381 e. The third-order valence-corrected chi connectivity index (χ3v) is 8.54. The van der Waals surface area contributed by atoms with Gasteiger partial charge in [0.25, 0.3) is 0 Å². The summed E-state index contributed by atoms with van der Waals surface area (Å²) in [6.07, 6.45) is 10.7. The highest BCUT2D eigenvalue weighted by Gasteiger charge is 2.28. The summed E-state index contributed by atoms with van der Waals surface area (Å²) in [6.45, 7) is 11.0. The first kappa shape index (κ1) is 21.8. The molecule has 0 bridgehead atoms. The maximum absolute atomic E-state index is 5.39. The highest BCUT2D eigenvalue weighted by molar-refractivity contribution is 5.92. The summed E-state index contributed by atoms with van der Waals surface area (Å²) < 4.78 is 7.44. The molecule has 1 N–H and O–H groups in total. The van der Waals surface area contributed by atoms with E-state index in [-0.39, 0.29) is 0 Å². The average Bonchev–Trinajstić information content (AvgIpc) is 3.43. The number of aromatic nitrogens is 4. The van der Waals surface area contributed by atoms with Gasteiger partial charge < -0.3 is 9.72 Å². The van der Waals surface area contributed by atoms with E-state index in [4.69, 9.17) is 4.74 Å². The maximum Gasteiger partial charge on any atom is 0.163 e. The smallest absolute Gasteiger partial charge is 0.163 e. The zero-order valence-electron chi connectivity index (χ0n) is 20.9. The number of H-pyrrole nitrogens is 1. The SMILES string of the molecule is Cc1c(-c2[nH]c3ccc(C4CCC(CC5COC5)CC4)cc3c2C(C)C)cn2cnnc2c1C. The van der Waals surface area contributed by atoms with Crippen molar-refractivity contribution in [2.75, 3.05) is 13.2 Å². The van der Waals surface area contributed by atoms with E-state index < -0.39 is 0 Å². The van der Waals surface area contributed by atoms with Gasteiger partial charge in [-0.05, 0) is 98.1 Å². The molecule has 1 saturated heterocycles. The van der Waals surface area contributed by atoms with Gasteiger partial charge in [-0.1, -0.05) is 19.9 Å². The molecule has 1 aliphatic carbocycles. The van der Waals surface area contributed by atoms with Gasteiger partial charge in [0.05, 0.1) is 18.9 Å². The summed E-state index contributed by atoms with van der Waals surface area (Å²) in [5, 5.41) is 9.82. The van der Waals surface area contributed by atoms with Crippen LogP contribution < -0.4 is 0 Å². The van der Waals surface area contributed by atoms with Gasteiger partial charge in [-0.15, -0.1) is 10.2 Å². The molecule has 2 aliphatic rings. The fourth-order valence-corrected chi connectivity index (χ4v) is 6.38. The molecule has 0 unspecified atom stereocenters. The molecule has 3 aromatic heterocycles. The fourth-order valence-electron chi connectivity index (χ4n) is 6.38. The van der Waals surface area contributed by atoms with E-state index in [1.165, 1.54) is 76.5 Å². The van der Waals surface area contributed by atoms with Crippen molar-refractivity contribution in [3.05, 3.63) is 53.0 Å². The Morgan fingerprint density at radius 1 is 1.06 bits per heavy atom. The van der Waals surface area contributed by atoms with Gasteiger partial charge >= 0.3 is 0 Å². The minimum Gasteiger partial charge on any atom is -0.381 e. The van der Waals surface area contributed by atoms with Crippen molar-refractivity contribution >= 4 is 16.6 Å². The Labute approximate surface area is 201 Å². The van der Waals surface area contributed by atoms with E-state index in [0.29, 0.717) is 11.8 Å². The highest BCUT2D eigenvalue weighted by atomic mass is 16.5. The Morgan fingerprint density at radius 2 is 1.85 bits per heavy atom. The Morgan fingerprint density at radius 3 is 2.56 bits per heavy atom. The molecule has 0 spiro atoms. The average molecular weight is 457 g/mol. The predicted octanol–water partition coefficient (Wildman–Crippen LogP) is 6.93. The monoisotopic (exact) mass is 456 g/mol. The number of rotatable bonds is 5. The van der Waals surface area contributed by atoms with Crippen LogP contribution in [-0.4, -0.2) is 32.8 Å². The summed E-state index contributed by atoms with van der Waals surface area (Å²) in [7, 11) is 0. The molecule has 4 aromatic rings. The fraction of sp³-hybridized carbons (Fsp3) is 0.517. The number of fused-ring (bicyclic) bond motifs is 2. The van der Waals surface area contributed by atoms with E-state index in [0.717, 1.165) is 30.7 Å². The van der Waals surface area contributed by atoms with Crippen LogP contribution in [0.5, 0.6) is 0 Å². The van der Waals surface area contributed by atoms with Crippen LogP contribution in [0, 0.1) is 25.7 Å². The summed E-state index contributed by atoms with van der Waals surface area (Å²) in [4.78, 5) is 3.79. The van der Waals surface area contributed by atoms with E-state index in [2.05, 4.69) is 67.3 Å². The van der Waals surface area contributed by atoms with Crippen LogP contribution in [0.4, 0.5) is 0 Å². The zero-order valence-corrected chi connectivity index (χ0v) is 20.9. The number of hydrogen-bond acceptors (Lipinski definition) is 3. The molecule has 5 heteroatoms. The highest BCUT2D eigenvalue weighted by Crippen LogP contribution is 2.42. The molecular formula is C29H36N4O. The second kappa shape index (κ2) is 8.53. The summed E-state index contributed by atoms with van der Waals surface area (Å²) in [5.74, 6) is 2.84. The van der Waals surface area contributed by atoms with E-state index in [9.17, 15) is 0 Å². The van der Waals surface area contributed by atoms with Gasteiger partial charge in [-0.25, -0.2) is 0 Å². The number of pyridine rings is 1. The Hall–Kier alpha value is -2.66. The van der Waals surface area contributed by atoms with Gasteiger partial charge in [-0.2, -0.15) is 0 Å². The van der Waals surface area contributed by atoms with Crippen molar-refractivity contribution in [1.82, 2.24) is 19.6 Å². The number of benzene rings is 1. The Kier molecular flexibility index (Phi) is 5.48. The molecule has 6 rings (SSSR count). The van der Waals surface area contributed by atoms with Crippen LogP contribution in [0.25, 0.3) is 27.8 Å². The maximum atomic E-state index is 5.39. The number of nitrogens with zero attached hydrogens (tertiary/aromatic N) is 3. The van der Waals surface area contributed by atoms with Crippen molar-refractivity contribution in [2.24, 2.45) is 11.8 Å². The molecule has 178 valence electrons. The number of hydrogen-bond donors (Lipinski definition) is 1. The van der Waals surface area contributed by atoms with E-state index >= 15 is 0 Å². The van der Waals surface area contributed by atoms with E-state index in [1.807, 2.05) is 4.40 Å². The van der Waals surface area contributed by atoms with Crippen LogP contribution in [0.3, 0.4) is 0 Å². The van der Waals surface area contributed by atoms with Crippen LogP contribution in [0.1, 0.15) is 80.0 Å². The molecular weight excluding hydrogens is 420 g/mol. The zero-order chi connectivity index (χ0) is 23.4. The van der Waals surface area contributed by atoms with Gasteiger partial charge in [0, 0.05) is 28.6 Å². The van der Waals surface area contributed by atoms with Crippen molar-refractivity contribution < 1.29 is 4.74 Å². The lowest BCUT2D eigenvalue weighted by molar-refractivity contribution is -0.0448. The summed E-state index contributed by atoms with van der Waals surface area (Å²) in [5.41, 5.74) is 10.1.